The molecule has 4 fully saturated rings. The van der Waals surface area contributed by atoms with Crippen molar-refractivity contribution in [2.45, 2.75) is 110 Å². The SMILES string of the molecule is CC(C)N1CC(C)(C)[N+]2(CCCC2)C12N(C(C)C)C(C)(C)C[N+]21CCCC1. The summed E-state index contributed by atoms with van der Waals surface area (Å²) in [4.78, 5) is 6.03. The summed E-state index contributed by atoms with van der Waals surface area (Å²) < 4.78 is 2.65. The molecule has 1 atom stereocenters. The Balaban J connectivity index is 2.06. The topological polar surface area (TPSA) is 6.48 Å². The first-order valence-electron chi connectivity index (χ1n) is 11.8. The maximum absolute atomic E-state index is 3.03. The van der Waals surface area contributed by atoms with Crippen molar-refractivity contribution in [3.05, 3.63) is 0 Å². The normalized spacial score (nSPS) is 37.1. The van der Waals surface area contributed by atoms with E-state index in [9.17, 15) is 0 Å². The molecule has 4 aliphatic rings. The molecule has 4 nitrogen and oxygen atoms in total. The van der Waals surface area contributed by atoms with Crippen LogP contribution in [0.25, 0.3) is 0 Å². The zero-order chi connectivity index (χ0) is 19.9. The second kappa shape index (κ2) is 5.93. The van der Waals surface area contributed by atoms with Crippen LogP contribution in [-0.4, -0.2) is 87.1 Å². The van der Waals surface area contributed by atoms with Crippen molar-refractivity contribution in [2.24, 2.45) is 0 Å². The molecule has 3 spiro atoms. The molecular formula is C23H46N4+2. The van der Waals surface area contributed by atoms with Crippen LogP contribution >= 0.6 is 0 Å². The molecule has 0 amide bonds. The Labute approximate surface area is 168 Å². The molecule has 156 valence electrons. The van der Waals surface area contributed by atoms with Gasteiger partial charge in [-0.15, -0.1) is 0 Å². The number of hydrogen-bond acceptors (Lipinski definition) is 2. The highest BCUT2D eigenvalue weighted by molar-refractivity contribution is 5.05. The Morgan fingerprint density at radius 1 is 0.741 bits per heavy atom. The summed E-state index contributed by atoms with van der Waals surface area (Å²) in [6.45, 7) is 28.2. The minimum Gasteiger partial charge on any atom is -0.241 e. The molecule has 0 aliphatic carbocycles. The lowest BCUT2D eigenvalue weighted by atomic mass is 10.00. The second-order valence-corrected chi connectivity index (χ2v) is 12.0. The number of fused-ring (bicyclic) bond motifs is 2. The van der Waals surface area contributed by atoms with Crippen LogP contribution in [0.1, 0.15) is 81.1 Å². The molecule has 0 radical (unpaired) electrons. The minimum absolute atomic E-state index is 0.127. The number of hydrogen-bond donors (Lipinski definition) is 0. The van der Waals surface area contributed by atoms with Crippen molar-refractivity contribution < 1.29 is 8.97 Å². The largest absolute Gasteiger partial charge is 0.358 e. The average molecular weight is 379 g/mol. The molecule has 0 aromatic heterocycles. The molecule has 0 aromatic rings. The van der Waals surface area contributed by atoms with Gasteiger partial charge in [0.25, 0.3) is 0 Å². The van der Waals surface area contributed by atoms with E-state index < -0.39 is 0 Å². The van der Waals surface area contributed by atoms with Crippen molar-refractivity contribution in [2.75, 3.05) is 39.3 Å². The molecule has 4 saturated heterocycles. The fourth-order valence-electron chi connectivity index (χ4n) is 8.64. The Hall–Kier alpha value is -0.160. The highest BCUT2D eigenvalue weighted by Gasteiger charge is 2.86. The van der Waals surface area contributed by atoms with Crippen LogP contribution in [0.5, 0.6) is 0 Å². The third-order valence-corrected chi connectivity index (χ3v) is 8.87. The molecule has 0 saturated carbocycles. The van der Waals surface area contributed by atoms with Crippen LogP contribution in [0.2, 0.25) is 0 Å². The van der Waals surface area contributed by atoms with E-state index in [0.29, 0.717) is 17.6 Å². The lowest BCUT2D eigenvalue weighted by Crippen LogP contribution is -2.85. The third-order valence-electron chi connectivity index (χ3n) is 8.87. The first kappa shape index (κ1) is 20.1. The van der Waals surface area contributed by atoms with Gasteiger partial charge in [-0.25, -0.2) is 8.97 Å². The number of nitrogens with zero attached hydrogens (tertiary/aromatic N) is 4. The van der Waals surface area contributed by atoms with Gasteiger partial charge in [0.1, 0.15) is 12.1 Å². The highest BCUT2D eigenvalue weighted by Crippen LogP contribution is 2.61. The maximum atomic E-state index is 3.03. The fourth-order valence-corrected chi connectivity index (χ4v) is 8.64. The van der Waals surface area contributed by atoms with Crippen LogP contribution in [0, 0.1) is 0 Å². The molecule has 1 unspecified atom stereocenters. The first-order chi connectivity index (χ1) is 12.5. The Morgan fingerprint density at radius 2 is 1.26 bits per heavy atom. The molecule has 4 aliphatic heterocycles. The zero-order valence-corrected chi connectivity index (χ0v) is 19.5. The lowest BCUT2D eigenvalue weighted by Gasteiger charge is -2.60. The lowest BCUT2D eigenvalue weighted by molar-refractivity contribution is -1.18. The van der Waals surface area contributed by atoms with Crippen LogP contribution in [0.15, 0.2) is 0 Å². The third kappa shape index (κ3) is 2.19. The van der Waals surface area contributed by atoms with Gasteiger partial charge in [-0.2, -0.15) is 9.80 Å². The number of quaternary nitrogens is 2. The van der Waals surface area contributed by atoms with E-state index in [-0.39, 0.29) is 11.4 Å². The summed E-state index contributed by atoms with van der Waals surface area (Å²) >= 11 is 0. The summed E-state index contributed by atoms with van der Waals surface area (Å²) in [5.41, 5.74) is 0.572. The summed E-state index contributed by atoms with van der Waals surface area (Å²) in [5, 5.41) is 0. The molecule has 4 heteroatoms. The van der Waals surface area contributed by atoms with Gasteiger partial charge in [0.05, 0.1) is 38.3 Å². The predicted octanol–water partition coefficient (Wildman–Crippen LogP) is 3.82. The molecule has 0 bridgehead atoms. The molecular weight excluding hydrogens is 332 g/mol. The first-order valence-corrected chi connectivity index (χ1v) is 11.8. The van der Waals surface area contributed by atoms with Gasteiger partial charge in [0.2, 0.25) is 0 Å². The Morgan fingerprint density at radius 3 is 1.74 bits per heavy atom. The summed E-state index contributed by atoms with van der Waals surface area (Å²) in [6.07, 6.45) is 5.64. The van der Waals surface area contributed by atoms with Crippen LogP contribution in [-0.2, 0) is 0 Å². The van der Waals surface area contributed by atoms with Gasteiger partial charge in [-0.3, -0.25) is 0 Å². The van der Waals surface area contributed by atoms with E-state index in [1.807, 2.05) is 0 Å². The zero-order valence-electron chi connectivity index (χ0n) is 19.5. The van der Waals surface area contributed by atoms with Crippen LogP contribution < -0.4 is 0 Å². The van der Waals surface area contributed by atoms with Gasteiger partial charge in [0.15, 0.2) is 0 Å². The van der Waals surface area contributed by atoms with E-state index >= 15 is 0 Å². The van der Waals surface area contributed by atoms with Gasteiger partial charge in [0, 0.05) is 37.8 Å². The average Bonchev–Trinajstić information content (AvgIpc) is 3.25. The van der Waals surface area contributed by atoms with Crippen molar-refractivity contribution >= 4 is 0 Å². The quantitative estimate of drug-likeness (QED) is 0.674. The Kier molecular flexibility index (Phi) is 4.42. The second-order valence-electron chi connectivity index (χ2n) is 12.0. The van der Waals surface area contributed by atoms with E-state index in [2.05, 4.69) is 65.2 Å². The molecule has 4 heterocycles. The van der Waals surface area contributed by atoms with Crippen molar-refractivity contribution in [1.29, 1.82) is 0 Å². The molecule has 0 aromatic carbocycles. The van der Waals surface area contributed by atoms with Crippen LogP contribution in [0.4, 0.5) is 0 Å². The Bertz CT molecular complexity index is 581. The minimum atomic E-state index is 0.127. The van der Waals surface area contributed by atoms with E-state index in [1.54, 1.807) is 0 Å². The van der Waals surface area contributed by atoms with Crippen molar-refractivity contribution in [3.8, 4) is 0 Å². The summed E-state index contributed by atoms with van der Waals surface area (Å²) in [6, 6.07) is 1.16. The molecule has 0 N–H and O–H groups in total. The summed E-state index contributed by atoms with van der Waals surface area (Å²) in [7, 11) is 0. The molecule has 27 heavy (non-hydrogen) atoms. The van der Waals surface area contributed by atoms with Crippen molar-refractivity contribution in [3.63, 3.8) is 0 Å². The van der Waals surface area contributed by atoms with E-state index in [0.717, 1.165) is 0 Å². The number of rotatable bonds is 2. The maximum Gasteiger partial charge on any atom is 0.358 e. The summed E-state index contributed by atoms with van der Waals surface area (Å²) in [5.74, 6) is 0.127. The van der Waals surface area contributed by atoms with E-state index in [1.165, 1.54) is 73.9 Å². The van der Waals surface area contributed by atoms with Gasteiger partial charge >= 0.3 is 5.91 Å². The predicted molar refractivity (Wildman–Crippen MR) is 113 cm³/mol. The fraction of sp³-hybridized carbons (Fsp3) is 1.00. The van der Waals surface area contributed by atoms with Gasteiger partial charge in [-0.1, -0.05) is 0 Å². The van der Waals surface area contributed by atoms with Gasteiger partial charge < -0.3 is 0 Å². The van der Waals surface area contributed by atoms with E-state index in [4.69, 9.17) is 0 Å². The standard InChI is InChI=1S/C23H46N4/c1-19(2)24-17-22(7,8)27(15-11-12-16-27)23(24)25(20(3)4)21(5,6)18-26(23)13-9-10-14-26/h19-20H,9-18H2,1-8H3/q+2. The molecule has 4 rings (SSSR count). The highest BCUT2D eigenvalue weighted by atomic mass is 15.9. The van der Waals surface area contributed by atoms with Crippen molar-refractivity contribution in [1.82, 2.24) is 9.80 Å². The van der Waals surface area contributed by atoms with Gasteiger partial charge in [-0.05, 0) is 55.4 Å². The smallest absolute Gasteiger partial charge is 0.241 e. The monoisotopic (exact) mass is 378 g/mol. The van der Waals surface area contributed by atoms with Crippen LogP contribution in [0.3, 0.4) is 0 Å².